The Morgan fingerprint density at radius 2 is 2.28 bits per heavy atom. The van der Waals surface area contributed by atoms with Crippen LogP contribution in [-0.2, 0) is 20.7 Å². The number of fused-ring (bicyclic) bond motifs is 1. The lowest BCUT2D eigenvalue weighted by atomic mass is 10.0. The van der Waals surface area contributed by atoms with Crippen molar-refractivity contribution in [3.05, 3.63) is 33.9 Å². The van der Waals surface area contributed by atoms with Gasteiger partial charge in [0.15, 0.2) is 5.65 Å². The Bertz CT molecular complexity index is 839. The predicted octanol–water partition coefficient (Wildman–Crippen LogP) is 0.526. The standard InChI is InChI=1S/C17H24N4O4/c1-11-13(16(23)21-14(19-11)5-6-18-21)7-15(22)20-8-12(9-24-4)25-17(2,3)10-20/h5-6,12,18H,7-10H2,1-4H3. The van der Waals surface area contributed by atoms with Gasteiger partial charge in [0.05, 0.1) is 24.7 Å². The summed E-state index contributed by atoms with van der Waals surface area (Å²) in [6.07, 6.45) is 1.49. The van der Waals surface area contributed by atoms with Gasteiger partial charge in [-0.3, -0.25) is 14.7 Å². The number of hydrogen-bond donors (Lipinski definition) is 1. The van der Waals surface area contributed by atoms with Crippen LogP contribution < -0.4 is 5.56 Å². The van der Waals surface area contributed by atoms with Crippen LogP contribution in [0.2, 0.25) is 0 Å². The first-order chi connectivity index (χ1) is 11.8. The molecule has 8 heteroatoms. The van der Waals surface area contributed by atoms with E-state index in [9.17, 15) is 9.59 Å². The maximum absolute atomic E-state index is 12.8. The van der Waals surface area contributed by atoms with Crippen LogP contribution in [0.4, 0.5) is 0 Å². The molecule has 1 aliphatic rings. The summed E-state index contributed by atoms with van der Waals surface area (Å²) >= 11 is 0. The summed E-state index contributed by atoms with van der Waals surface area (Å²) in [6.45, 7) is 7.00. The van der Waals surface area contributed by atoms with Gasteiger partial charge in [0.2, 0.25) is 5.91 Å². The van der Waals surface area contributed by atoms with Gasteiger partial charge in [-0.05, 0) is 20.8 Å². The summed E-state index contributed by atoms with van der Waals surface area (Å²) in [4.78, 5) is 31.6. The summed E-state index contributed by atoms with van der Waals surface area (Å²) < 4.78 is 12.5. The number of nitrogens with zero attached hydrogens (tertiary/aromatic N) is 3. The fraction of sp³-hybridized carbons (Fsp3) is 0.588. The molecular weight excluding hydrogens is 324 g/mol. The van der Waals surface area contributed by atoms with Crippen molar-refractivity contribution in [3.8, 4) is 0 Å². The van der Waals surface area contributed by atoms with Gasteiger partial charge in [-0.15, -0.1) is 0 Å². The number of rotatable bonds is 4. The molecule has 0 aliphatic carbocycles. The van der Waals surface area contributed by atoms with Crippen molar-refractivity contribution in [1.29, 1.82) is 0 Å². The molecule has 1 saturated heterocycles. The Hall–Kier alpha value is -2.19. The van der Waals surface area contributed by atoms with Crippen LogP contribution in [-0.4, -0.2) is 63.9 Å². The number of aromatic nitrogens is 3. The summed E-state index contributed by atoms with van der Waals surface area (Å²) in [5.74, 6) is -0.106. The number of nitrogens with one attached hydrogen (secondary N) is 1. The van der Waals surface area contributed by atoms with E-state index in [0.717, 1.165) is 0 Å². The lowest BCUT2D eigenvalue weighted by Crippen LogP contribution is -2.56. The van der Waals surface area contributed by atoms with Gasteiger partial charge in [-0.25, -0.2) is 9.50 Å². The van der Waals surface area contributed by atoms with Gasteiger partial charge < -0.3 is 14.4 Å². The van der Waals surface area contributed by atoms with E-state index in [2.05, 4.69) is 10.1 Å². The molecule has 3 heterocycles. The number of ether oxygens (including phenoxy) is 2. The van der Waals surface area contributed by atoms with Gasteiger partial charge in [0.1, 0.15) is 0 Å². The van der Waals surface area contributed by atoms with Crippen molar-refractivity contribution in [2.24, 2.45) is 0 Å². The second-order valence-corrected chi connectivity index (χ2v) is 7.04. The van der Waals surface area contributed by atoms with Crippen molar-refractivity contribution in [2.75, 3.05) is 26.8 Å². The second-order valence-electron chi connectivity index (χ2n) is 7.04. The van der Waals surface area contributed by atoms with Crippen molar-refractivity contribution in [2.45, 2.75) is 38.9 Å². The molecule has 25 heavy (non-hydrogen) atoms. The Kier molecular flexibility index (Phi) is 4.66. The SMILES string of the molecule is COCC1CN(C(=O)Cc2c(C)nc3cc[nH]n3c2=O)CC(C)(C)O1. The fourth-order valence-corrected chi connectivity index (χ4v) is 3.33. The van der Waals surface area contributed by atoms with E-state index in [-0.39, 0.29) is 24.0 Å². The summed E-state index contributed by atoms with van der Waals surface area (Å²) in [7, 11) is 1.61. The van der Waals surface area contributed by atoms with Crippen LogP contribution >= 0.6 is 0 Å². The lowest BCUT2D eigenvalue weighted by Gasteiger charge is -2.42. The van der Waals surface area contributed by atoms with Crippen LogP contribution in [0.5, 0.6) is 0 Å². The largest absolute Gasteiger partial charge is 0.382 e. The first kappa shape index (κ1) is 17.6. The van der Waals surface area contributed by atoms with Crippen molar-refractivity contribution >= 4 is 11.6 Å². The number of methoxy groups -OCH3 is 1. The summed E-state index contributed by atoms with van der Waals surface area (Å²) in [6, 6.07) is 1.72. The molecule has 136 valence electrons. The topological polar surface area (TPSA) is 88.9 Å². The highest BCUT2D eigenvalue weighted by Gasteiger charge is 2.35. The molecule has 2 aromatic rings. The molecule has 1 amide bonds. The van der Waals surface area contributed by atoms with Crippen LogP contribution in [0, 0.1) is 6.92 Å². The molecule has 1 unspecified atom stereocenters. The lowest BCUT2D eigenvalue weighted by molar-refractivity contribution is -0.168. The highest BCUT2D eigenvalue weighted by Crippen LogP contribution is 2.22. The van der Waals surface area contributed by atoms with Gasteiger partial charge in [-0.2, -0.15) is 0 Å². The van der Waals surface area contributed by atoms with E-state index in [1.54, 1.807) is 31.2 Å². The minimum absolute atomic E-state index is 0.0232. The molecule has 0 saturated carbocycles. The normalized spacial score (nSPS) is 20.2. The Balaban J connectivity index is 1.83. The Morgan fingerprint density at radius 3 is 3.00 bits per heavy atom. The first-order valence-electron chi connectivity index (χ1n) is 8.31. The zero-order valence-corrected chi connectivity index (χ0v) is 15.0. The van der Waals surface area contributed by atoms with E-state index in [4.69, 9.17) is 9.47 Å². The number of H-pyrrole nitrogens is 1. The number of hydrogen-bond acceptors (Lipinski definition) is 5. The average molecular weight is 348 g/mol. The predicted molar refractivity (Wildman–Crippen MR) is 91.7 cm³/mol. The van der Waals surface area contributed by atoms with Crippen LogP contribution in [0.3, 0.4) is 0 Å². The molecule has 3 rings (SSSR count). The molecular formula is C17H24N4O4. The van der Waals surface area contributed by atoms with E-state index in [1.807, 2.05) is 13.8 Å². The zero-order chi connectivity index (χ0) is 18.2. The molecule has 1 fully saturated rings. The molecule has 0 spiro atoms. The van der Waals surface area contributed by atoms with Gasteiger partial charge in [-0.1, -0.05) is 0 Å². The van der Waals surface area contributed by atoms with Crippen LogP contribution in [0.25, 0.3) is 5.65 Å². The van der Waals surface area contributed by atoms with Gasteiger partial charge in [0.25, 0.3) is 5.56 Å². The minimum Gasteiger partial charge on any atom is -0.382 e. The van der Waals surface area contributed by atoms with E-state index < -0.39 is 5.60 Å². The van der Waals surface area contributed by atoms with Crippen molar-refractivity contribution < 1.29 is 14.3 Å². The number of aromatic amines is 1. The van der Waals surface area contributed by atoms with E-state index >= 15 is 0 Å². The number of amides is 1. The smallest absolute Gasteiger partial charge is 0.276 e. The minimum atomic E-state index is -0.455. The quantitative estimate of drug-likeness (QED) is 0.870. The molecule has 0 radical (unpaired) electrons. The highest BCUT2D eigenvalue weighted by atomic mass is 16.5. The maximum Gasteiger partial charge on any atom is 0.276 e. The summed E-state index contributed by atoms with van der Waals surface area (Å²) in [5.41, 5.74) is 0.854. The Morgan fingerprint density at radius 1 is 1.52 bits per heavy atom. The van der Waals surface area contributed by atoms with Gasteiger partial charge >= 0.3 is 0 Å². The number of morpholine rings is 1. The monoisotopic (exact) mass is 348 g/mol. The molecule has 0 bridgehead atoms. The molecule has 1 aliphatic heterocycles. The molecule has 1 N–H and O–H groups in total. The average Bonchev–Trinajstić information content (AvgIpc) is 2.98. The second kappa shape index (κ2) is 6.61. The Labute approximate surface area is 145 Å². The van der Waals surface area contributed by atoms with Crippen molar-refractivity contribution in [1.82, 2.24) is 19.5 Å². The van der Waals surface area contributed by atoms with Crippen LogP contribution in [0.15, 0.2) is 17.1 Å². The van der Waals surface area contributed by atoms with Gasteiger partial charge in [0, 0.05) is 43.7 Å². The summed E-state index contributed by atoms with van der Waals surface area (Å²) in [5, 5.41) is 2.83. The fourth-order valence-electron chi connectivity index (χ4n) is 3.33. The molecule has 1 atom stereocenters. The third-order valence-corrected chi connectivity index (χ3v) is 4.36. The van der Waals surface area contributed by atoms with Crippen molar-refractivity contribution in [3.63, 3.8) is 0 Å². The van der Waals surface area contributed by atoms with E-state index in [1.165, 1.54) is 4.52 Å². The first-order valence-corrected chi connectivity index (χ1v) is 8.31. The molecule has 2 aromatic heterocycles. The third kappa shape index (κ3) is 3.59. The maximum atomic E-state index is 12.8. The molecule has 0 aromatic carbocycles. The zero-order valence-electron chi connectivity index (χ0n) is 15.0. The number of carbonyl (C=O) groups is 1. The third-order valence-electron chi connectivity index (χ3n) is 4.36. The van der Waals surface area contributed by atoms with Crippen LogP contribution in [0.1, 0.15) is 25.1 Å². The number of carbonyl (C=O) groups excluding carboxylic acids is 1. The number of aryl methyl sites for hydroxylation is 1. The van der Waals surface area contributed by atoms with E-state index in [0.29, 0.717) is 36.6 Å². The molecule has 8 nitrogen and oxygen atoms in total. The highest BCUT2D eigenvalue weighted by molar-refractivity contribution is 5.79.